The molecule has 2 heterocycles. The van der Waals surface area contributed by atoms with Gasteiger partial charge in [-0.1, -0.05) is 30.3 Å². The summed E-state index contributed by atoms with van der Waals surface area (Å²) >= 11 is 0. The minimum Gasteiger partial charge on any atom is -0.387 e. The van der Waals surface area contributed by atoms with Crippen LogP contribution >= 0.6 is 24.8 Å². The second-order valence-electron chi connectivity index (χ2n) is 6.54. The van der Waals surface area contributed by atoms with Gasteiger partial charge < -0.3 is 20.1 Å². The van der Waals surface area contributed by atoms with Gasteiger partial charge in [-0.2, -0.15) is 0 Å². The molecular formula is C18H29Cl2N3O3. The number of rotatable bonds is 5. The fraction of sp³-hybridized carbons (Fsp3) is 0.611. The van der Waals surface area contributed by atoms with Crippen molar-refractivity contribution >= 4 is 30.7 Å². The summed E-state index contributed by atoms with van der Waals surface area (Å²) < 4.78 is 5.40. The number of aliphatic hydroxyl groups excluding tert-OH is 1. The van der Waals surface area contributed by atoms with Crippen molar-refractivity contribution in [1.29, 1.82) is 0 Å². The molecule has 1 aromatic carbocycles. The van der Waals surface area contributed by atoms with Crippen LogP contribution in [0.5, 0.6) is 0 Å². The summed E-state index contributed by atoms with van der Waals surface area (Å²) in [6.07, 6.45) is 0.0316. The quantitative estimate of drug-likeness (QED) is 0.767. The van der Waals surface area contributed by atoms with Crippen molar-refractivity contribution in [2.45, 2.75) is 18.6 Å². The first-order valence-corrected chi connectivity index (χ1v) is 8.76. The van der Waals surface area contributed by atoms with Crippen LogP contribution in [0.15, 0.2) is 30.3 Å². The average molecular weight is 406 g/mol. The molecule has 0 spiro atoms. The Morgan fingerprint density at radius 2 is 1.88 bits per heavy atom. The molecule has 0 aliphatic carbocycles. The molecule has 3 rings (SSSR count). The van der Waals surface area contributed by atoms with Crippen molar-refractivity contribution in [2.75, 3.05) is 52.5 Å². The Bertz CT molecular complexity index is 522. The van der Waals surface area contributed by atoms with Gasteiger partial charge in [-0.25, -0.2) is 0 Å². The number of carbonyl (C=O) groups excluding carboxylic acids is 1. The van der Waals surface area contributed by atoms with Gasteiger partial charge in [0.15, 0.2) is 0 Å². The number of piperazine rings is 1. The number of nitrogens with zero attached hydrogens (tertiary/aromatic N) is 2. The molecule has 2 aliphatic rings. The van der Waals surface area contributed by atoms with E-state index in [2.05, 4.69) is 10.2 Å². The largest absolute Gasteiger partial charge is 0.387 e. The molecule has 0 bridgehead atoms. The SMILES string of the molecule is Cl.Cl.O=C(CC1COCCN1)N1CCN(CC(O)c2ccccc2)CC1. The van der Waals surface area contributed by atoms with Gasteiger partial charge in [0.1, 0.15) is 0 Å². The van der Waals surface area contributed by atoms with Gasteiger partial charge in [0, 0.05) is 51.7 Å². The minimum absolute atomic E-state index is 0. The summed E-state index contributed by atoms with van der Waals surface area (Å²) in [5, 5.41) is 13.6. The van der Waals surface area contributed by atoms with E-state index < -0.39 is 6.10 Å². The number of β-amino-alcohol motifs (C(OH)–C–C–N with tert-alkyl or cyclic N) is 1. The van der Waals surface area contributed by atoms with Crippen molar-refractivity contribution in [3.63, 3.8) is 0 Å². The second kappa shape index (κ2) is 11.7. The number of hydrogen-bond acceptors (Lipinski definition) is 5. The van der Waals surface area contributed by atoms with E-state index >= 15 is 0 Å². The predicted octanol–water partition coefficient (Wildman–Crippen LogP) is 1.09. The maximum atomic E-state index is 12.4. The van der Waals surface area contributed by atoms with Crippen LogP contribution in [0.3, 0.4) is 0 Å². The normalized spacial score (nSPS) is 22.0. The topological polar surface area (TPSA) is 65.0 Å². The van der Waals surface area contributed by atoms with Gasteiger partial charge in [0.05, 0.1) is 19.3 Å². The molecule has 1 amide bonds. The third-order valence-corrected chi connectivity index (χ3v) is 4.76. The summed E-state index contributed by atoms with van der Waals surface area (Å²) in [5.74, 6) is 0.196. The van der Waals surface area contributed by atoms with Crippen LogP contribution in [0.25, 0.3) is 0 Å². The van der Waals surface area contributed by atoms with E-state index in [1.54, 1.807) is 0 Å². The molecule has 2 aliphatic heterocycles. The minimum atomic E-state index is -0.475. The van der Waals surface area contributed by atoms with E-state index in [9.17, 15) is 9.90 Å². The highest BCUT2D eigenvalue weighted by molar-refractivity contribution is 5.85. The molecule has 26 heavy (non-hydrogen) atoms. The molecule has 2 N–H and O–H groups in total. The molecule has 2 unspecified atom stereocenters. The summed E-state index contributed by atoms with van der Waals surface area (Å²) in [6, 6.07) is 9.88. The van der Waals surface area contributed by atoms with Crippen molar-refractivity contribution < 1.29 is 14.6 Å². The highest BCUT2D eigenvalue weighted by Gasteiger charge is 2.25. The number of amides is 1. The van der Waals surface area contributed by atoms with Gasteiger partial charge in [-0.3, -0.25) is 9.69 Å². The van der Waals surface area contributed by atoms with Crippen LogP contribution in [0.4, 0.5) is 0 Å². The summed E-state index contributed by atoms with van der Waals surface area (Å²) in [4.78, 5) is 16.5. The third kappa shape index (κ3) is 6.68. The van der Waals surface area contributed by atoms with Gasteiger partial charge in [0.2, 0.25) is 5.91 Å². The summed E-state index contributed by atoms with van der Waals surface area (Å²) in [6.45, 7) is 5.87. The van der Waals surface area contributed by atoms with Crippen LogP contribution in [0.1, 0.15) is 18.1 Å². The van der Waals surface area contributed by atoms with Gasteiger partial charge in [-0.05, 0) is 5.56 Å². The van der Waals surface area contributed by atoms with Crippen LogP contribution in [-0.4, -0.2) is 79.3 Å². The lowest BCUT2D eigenvalue weighted by Gasteiger charge is -2.36. The molecular weight excluding hydrogens is 377 g/mol. The molecule has 1 aromatic rings. The number of carbonyl (C=O) groups is 1. The molecule has 0 saturated carbocycles. The van der Waals surface area contributed by atoms with E-state index in [1.165, 1.54) is 0 Å². The number of ether oxygens (including phenoxy) is 1. The zero-order valence-electron chi connectivity index (χ0n) is 14.9. The van der Waals surface area contributed by atoms with E-state index in [1.807, 2.05) is 35.2 Å². The summed E-state index contributed by atoms with van der Waals surface area (Å²) in [7, 11) is 0. The molecule has 148 valence electrons. The first-order chi connectivity index (χ1) is 11.7. The van der Waals surface area contributed by atoms with Gasteiger partial charge >= 0.3 is 0 Å². The molecule has 6 nitrogen and oxygen atoms in total. The third-order valence-electron chi connectivity index (χ3n) is 4.76. The highest BCUT2D eigenvalue weighted by Crippen LogP contribution is 2.15. The highest BCUT2D eigenvalue weighted by atomic mass is 35.5. The van der Waals surface area contributed by atoms with E-state index in [-0.39, 0.29) is 36.8 Å². The molecule has 8 heteroatoms. The smallest absolute Gasteiger partial charge is 0.224 e. The Balaban J connectivity index is 0.00000169. The number of nitrogens with one attached hydrogen (secondary N) is 1. The van der Waals surface area contributed by atoms with Gasteiger partial charge in [-0.15, -0.1) is 24.8 Å². The number of benzene rings is 1. The predicted molar refractivity (Wildman–Crippen MR) is 106 cm³/mol. The molecule has 2 fully saturated rings. The maximum absolute atomic E-state index is 12.4. The lowest BCUT2D eigenvalue weighted by Crippen LogP contribution is -2.51. The second-order valence-corrected chi connectivity index (χ2v) is 6.54. The Morgan fingerprint density at radius 1 is 1.19 bits per heavy atom. The van der Waals surface area contributed by atoms with E-state index in [0.29, 0.717) is 19.6 Å². The molecule has 0 radical (unpaired) electrons. The first kappa shape index (κ1) is 23.1. The molecule has 2 atom stereocenters. The maximum Gasteiger partial charge on any atom is 0.224 e. The van der Waals surface area contributed by atoms with Crippen molar-refractivity contribution in [1.82, 2.24) is 15.1 Å². The molecule has 0 aromatic heterocycles. The number of halogens is 2. The lowest BCUT2D eigenvalue weighted by molar-refractivity contribution is -0.134. The lowest BCUT2D eigenvalue weighted by atomic mass is 10.1. The Hall–Kier alpha value is -0.890. The Kier molecular flexibility index (Phi) is 10.5. The van der Waals surface area contributed by atoms with Crippen molar-refractivity contribution in [2.24, 2.45) is 0 Å². The first-order valence-electron chi connectivity index (χ1n) is 8.76. The number of morpholine rings is 1. The van der Waals surface area contributed by atoms with E-state index in [4.69, 9.17) is 4.74 Å². The van der Waals surface area contributed by atoms with Crippen LogP contribution in [0, 0.1) is 0 Å². The monoisotopic (exact) mass is 405 g/mol. The average Bonchev–Trinajstić information content (AvgIpc) is 2.64. The fourth-order valence-corrected chi connectivity index (χ4v) is 3.30. The van der Waals surface area contributed by atoms with Gasteiger partial charge in [0.25, 0.3) is 0 Å². The van der Waals surface area contributed by atoms with Crippen molar-refractivity contribution in [3.8, 4) is 0 Å². The zero-order valence-corrected chi connectivity index (χ0v) is 16.5. The van der Waals surface area contributed by atoms with Crippen LogP contribution in [-0.2, 0) is 9.53 Å². The van der Waals surface area contributed by atoms with E-state index in [0.717, 1.165) is 44.9 Å². The van der Waals surface area contributed by atoms with Crippen LogP contribution < -0.4 is 5.32 Å². The zero-order chi connectivity index (χ0) is 16.8. The standard InChI is InChI=1S/C18H27N3O3.2ClH/c22-17(15-4-2-1-3-5-15)13-20-7-9-21(10-8-20)18(23)12-16-14-24-11-6-19-16;;/h1-5,16-17,19,22H,6-14H2;2*1H. The van der Waals surface area contributed by atoms with Crippen LogP contribution in [0.2, 0.25) is 0 Å². The number of aliphatic hydroxyl groups is 1. The van der Waals surface area contributed by atoms with Crippen molar-refractivity contribution in [3.05, 3.63) is 35.9 Å². The Labute approximate surface area is 167 Å². The Morgan fingerprint density at radius 3 is 2.50 bits per heavy atom. The molecule has 2 saturated heterocycles. The fourth-order valence-electron chi connectivity index (χ4n) is 3.30. The summed E-state index contributed by atoms with van der Waals surface area (Å²) in [5.41, 5.74) is 0.944. The number of hydrogen-bond donors (Lipinski definition) is 2.